The molecule has 1 atom stereocenters. The van der Waals surface area contributed by atoms with Crippen molar-refractivity contribution in [3.63, 3.8) is 0 Å². The van der Waals surface area contributed by atoms with Gasteiger partial charge in [-0.3, -0.25) is 4.90 Å². The number of ether oxygens (including phenoxy) is 2. The van der Waals surface area contributed by atoms with E-state index in [9.17, 15) is 9.18 Å². The van der Waals surface area contributed by atoms with Crippen molar-refractivity contribution in [2.75, 3.05) is 43.0 Å². The number of nitrogens with zero attached hydrogens (tertiary/aromatic N) is 3. The highest BCUT2D eigenvalue weighted by atomic mass is 32.1. The van der Waals surface area contributed by atoms with E-state index in [2.05, 4.69) is 5.32 Å². The number of likely N-dealkylation sites (N-methyl/N-ethyl adjacent to an activating group) is 1. The van der Waals surface area contributed by atoms with Crippen molar-refractivity contribution in [3.8, 4) is 0 Å². The molecule has 10 heteroatoms. The molecule has 1 amide bonds. The van der Waals surface area contributed by atoms with Crippen LogP contribution >= 0.6 is 24.4 Å². The first-order valence-electron chi connectivity index (χ1n) is 9.01. The highest BCUT2D eigenvalue weighted by molar-refractivity contribution is 7.80. The van der Waals surface area contributed by atoms with Gasteiger partial charge in [0.25, 0.3) is 5.17 Å². The third kappa shape index (κ3) is 4.44. The quantitative estimate of drug-likeness (QED) is 0.721. The molecule has 2 heterocycles. The Hall–Kier alpha value is -2.20. The van der Waals surface area contributed by atoms with Crippen molar-refractivity contribution >= 4 is 52.2 Å². The molecular weight excluding hydrogens is 403 g/mol. The van der Waals surface area contributed by atoms with E-state index in [0.29, 0.717) is 36.1 Å². The molecule has 3 rings (SSSR count). The van der Waals surface area contributed by atoms with E-state index < -0.39 is 18.0 Å². The van der Waals surface area contributed by atoms with Crippen molar-refractivity contribution in [2.45, 2.75) is 26.1 Å². The van der Waals surface area contributed by atoms with Gasteiger partial charge in [0.2, 0.25) is 0 Å². The maximum absolute atomic E-state index is 14.7. The van der Waals surface area contributed by atoms with Gasteiger partial charge in [0.05, 0.1) is 30.6 Å². The van der Waals surface area contributed by atoms with E-state index in [4.69, 9.17) is 33.9 Å². The fraction of sp³-hybridized carbons (Fsp3) is 0.500. The summed E-state index contributed by atoms with van der Waals surface area (Å²) in [6, 6.07) is 4.67. The number of nitrogens with one attached hydrogen (secondary N) is 1. The molecule has 1 aromatic carbocycles. The highest BCUT2D eigenvalue weighted by Gasteiger charge is 2.33. The first-order valence-corrected chi connectivity index (χ1v) is 9.82. The molecule has 1 aromatic rings. The largest absolute Gasteiger partial charge is 0.468 e. The minimum atomic E-state index is -0.522. The van der Waals surface area contributed by atoms with Gasteiger partial charge in [-0.25, -0.2) is 9.18 Å². The lowest BCUT2D eigenvalue weighted by atomic mass is 10.2. The lowest BCUT2D eigenvalue weighted by Gasteiger charge is -2.21. The topological polar surface area (TPSA) is 57.3 Å². The molecule has 2 aliphatic rings. The zero-order chi connectivity index (χ0) is 20.4. The molecule has 152 valence electrons. The van der Waals surface area contributed by atoms with Crippen LogP contribution in [-0.4, -0.2) is 66.7 Å². The normalized spacial score (nSPS) is 19.5. The van der Waals surface area contributed by atoms with Crippen LogP contribution in [0.5, 0.6) is 0 Å². The molecule has 0 bridgehead atoms. The Kier molecular flexibility index (Phi) is 6.19. The monoisotopic (exact) mass is 426 g/mol. The zero-order valence-electron chi connectivity index (χ0n) is 16.0. The summed E-state index contributed by atoms with van der Waals surface area (Å²) in [5.41, 5.74) is 0.841. The summed E-state index contributed by atoms with van der Waals surface area (Å²) in [4.78, 5) is 17.3. The number of carbonyl (C=O) groups excluding carboxylic acids is 1. The van der Waals surface area contributed by atoms with Crippen LogP contribution in [0.2, 0.25) is 0 Å². The van der Waals surface area contributed by atoms with Gasteiger partial charge in [-0.1, -0.05) is 0 Å². The number of rotatable bonds is 5. The van der Waals surface area contributed by atoms with Gasteiger partial charge < -0.3 is 24.6 Å². The average Bonchev–Trinajstić information content (AvgIpc) is 3.16. The molecule has 0 spiro atoms. The Morgan fingerprint density at radius 3 is 2.75 bits per heavy atom. The summed E-state index contributed by atoms with van der Waals surface area (Å²) in [6.07, 6.45) is -0.970. The standard InChI is InChI=1S/C18H23FN4O3S2/c1-11(2)25-16(27)20-9-13-10-23(18(24)26-13)12-4-5-15(14(19)8-12)22-7-6-21(3)17(22)28/h4-5,8,11,13H,6-7,9-10H2,1-3H3,(H,20,27)/t13-/m0/s1. The lowest BCUT2D eigenvalue weighted by molar-refractivity contribution is 0.140. The summed E-state index contributed by atoms with van der Waals surface area (Å²) in [7, 11) is 1.88. The molecule has 0 aliphatic carbocycles. The smallest absolute Gasteiger partial charge is 0.414 e. The van der Waals surface area contributed by atoms with E-state index in [1.165, 1.54) is 11.0 Å². The van der Waals surface area contributed by atoms with Crippen LogP contribution in [0.15, 0.2) is 18.2 Å². The highest BCUT2D eigenvalue weighted by Crippen LogP contribution is 2.29. The fourth-order valence-electron chi connectivity index (χ4n) is 3.05. The maximum atomic E-state index is 14.7. The molecular formula is C18H23FN4O3S2. The number of cyclic esters (lactones) is 1. The Bertz CT molecular complexity index is 792. The molecule has 28 heavy (non-hydrogen) atoms. The predicted molar refractivity (Wildman–Crippen MR) is 113 cm³/mol. The molecule has 2 saturated heterocycles. The van der Waals surface area contributed by atoms with E-state index in [-0.39, 0.29) is 11.3 Å². The Balaban J connectivity index is 1.64. The van der Waals surface area contributed by atoms with Crippen LogP contribution < -0.4 is 15.1 Å². The minimum absolute atomic E-state index is 0.0348. The van der Waals surface area contributed by atoms with Crippen molar-refractivity contribution in [1.82, 2.24) is 10.2 Å². The van der Waals surface area contributed by atoms with Crippen LogP contribution in [-0.2, 0) is 9.47 Å². The van der Waals surface area contributed by atoms with Gasteiger partial charge in [-0.15, -0.1) is 0 Å². The zero-order valence-corrected chi connectivity index (χ0v) is 17.6. The van der Waals surface area contributed by atoms with Crippen molar-refractivity contribution in [3.05, 3.63) is 24.0 Å². The molecule has 2 fully saturated rings. The fourth-order valence-corrected chi connectivity index (χ4v) is 3.60. The van der Waals surface area contributed by atoms with Crippen LogP contribution in [0.1, 0.15) is 13.8 Å². The number of thiocarbonyl (C=S) groups is 2. The maximum Gasteiger partial charge on any atom is 0.414 e. The molecule has 0 radical (unpaired) electrons. The Morgan fingerprint density at radius 2 is 2.14 bits per heavy atom. The second-order valence-corrected chi connectivity index (χ2v) is 7.68. The number of benzene rings is 1. The van der Waals surface area contributed by atoms with Gasteiger partial charge in [0.15, 0.2) is 5.11 Å². The summed E-state index contributed by atoms with van der Waals surface area (Å²) in [5.74, 6) is -0.434. The SMILES string of the molecule is CC(C)OC(=S)NC[C@H]1CN(c2ccc(N3CCN(C)C3=S)c(F)c2)C(=O)O1. The first-order chi connectivity index (χ1) is 13.3. The molecule has 0 unspecified atom stereocenters. The lowest BCUT2D eigenvalue weighted by Crippen LogP contribution is -2.35. The average molecular weight is 427 g/mol. The minimum Gasteiger partial charge on any atom is -0.468 e. The van der Waals surface area contributed by atoms with Crippen molar-refractivity contribution in [1.29, 1.82) is 0 Å². The third-order valence-corrected chi connectivity index (χ3v) is 5.21. The molecule has 7 nitrogen and oxygen atoms in total. The number of anilines is 2. The van der Waals surface area contributed by atoms with Crippen molar-refractivity contribution in [2.24, 2.45) is 0 Å². The van der Waals surface area contributed by atoms with Crippen molar-refractivity contribution < 1.29 is 18.7 Å². The van der Waals surface area contributed by atoms with Gasteiger partial charge in [0, 0.05) is 20.1 Å². The Morgan fingerprint density at radius 1 is 1.39 bits per heavy atom. The van der Waals surface area contributed by atoms with Gasteiger partial charge in [-0.05, 0) is 56.5 Å². The molecule has 2 aliphatic heterocycles. The molecule has 0 saturated carbocycles. The van der Waals surface area contributed by atoms with Gasteiger partial charge >= 0.3 is 6.09 Å². The van der Waals surface area contributed by atoms with E-state index in [1.54, 1.807) is 17.0 Å². The molecule has 0 aromatic heterocycles. The second-order valence-electron chi connectivity index (χ2n) is 6.94. The second kappa shape index (κ2) is 8.44. The van der Waals surface area contributed by atoms with Crippen LogP contribution in [0, 0.1) is 5.82 Å². The third-order valence-electron chi connectivity index (χ3n) is 4.44. The first kappa shape index (κ1) is 20.5. The van der Waals surface area contributed by atoms with E-state index in [0.717, 1.165) is 6.54 Å². The van der Waals surface area contributed by atoms with Gasteiger partial charge in [-0.2, -0.15) is 0 Å². The summed E-state index contributed by atoms with van der Waals surface area (Å²) >= 11 is 10.4. The number of hydrogen-bond donors (Lipinski definition) is 1. The van der Waals surface area contributed by atoms with Gasteiger partial charge in [0.1, 0.15) is 11.9 Å². The number of amides is 1. The van der Waals surface area contributed by atoms with Crippen LogP contribution in [0.3, 0.4) is 0 Å². The number of halogens is 1. The Labute approximate surface area is 174 Å². The van der Waals surface area contributed by atoms with Crippen LogP contribution in [0.4, 0.5) is 20.6 Å². The van der Waals surface area contributed by atoms with Crippen LogP contribution in [0.25, 0.3) is 0 Å². The number of hydrogen-bond acceptors (Lipinski definition) is 5. The van der Waals surface area contributed by atoms with E-state index >= 15 is 0 Å². The predicted octanol–water partition coefficient (Wildman–Crippen LogP) is 2.49. The summed E-state index contributed by atoms with van der Waals surface area (Å²) in [5, 5.41) is 3.76. The van der Waals surface area contributed by atoms with E-state index in [1.807, 2.05) is 25.8 Å². The summed E-state index contributed by atoms with van der Waals surface area (Å²) in [6.45, 7) is 5.73. The number of carbonyl (C=O) groups is 1. The molecule has 1 N–H and O–H groups in total. The summed E-state index contributed by atoms with van der Waals surface area (Å²) < 4.78 is 25.4.